The zero-order chi connectivity index (χ0) is 18.8. The van der Waals surface area contributed by atoms with Crippen LogP contribution in [0, 0.1) is 13.8 Å². The number of amides is 1. The average Bonchev–Trinajstić information content (AvgIpc) is 3.27. The van der Waals surface area contributed by atoms with E-state index in [0.717, 1.165) is 43.6 Å². The smallest absolute Gasteiger partial charge is 0.252 e. The van der Waals surface area contributed by atoms with Gasteiger partial charge in [0, 0.05) is 24.0 Å². The van der Waals surface area contributed by atoms with E-state index in [0.29, 0.717) is 17.6 Å². The zero-order valence-electron chi connectivity index (χ0n) is 15.9. The highest BCUT2D eigenvalue weighted by molar-refractivity contribution is 5.78. The Kier molecular flexibility index (Phi) is 4.88. The van der Waals surface area contributed by atoms with Gasteiger partial charge in [-0.25, -0.2) is 9.50 Å². The number of fused-ring (bicyclic) bond motifs is 1. The molecular weight excluding hydrogens is 338 g/mol. The lowest BCUT2D eigenvalue weighted by atomic mass is 10.0. The van der Waals surface area contributed by atoms with Gasteiger partial charge in [-0.15, -0.1) is 5.10 Å². The Labute approximate surface area is 159 Å². The molecule has 2 aromatic heterocycles. The van der Waals surface area contributed by atoms with Crippen molar-refractivity contribution in [1.82, 2.24) is 24.5 Å². The van der Waals surface area contributed by atoms with Crippen molar-refractivity contribution < 1.29 is 4.79 Å². The molecule has 0 radical (unpaired) electrons. The van der Waals surface area contributed by atoms with E-state index in [-0.39, 0.29) is 12.3 Å². The molecule has 6 nitrogen and oxygen atoms in total. The Hall–Kier alpha value is -2.76. The molecule has 0 N–H and O–H groups in total. The Morgan fingerprint density at radius 1 is 1.19 bits per heavy atom. The molecule has 1 aliphatic rings. The number of carbonyl (C=O) groups is 1. The fourth-order valence-corrected chi connectivity index (χ4v) is 3.96. The SMILES string of the molecule is Cc1cc(C)n2nc(CC(=O)N3CCCC3CCc3ccccc3)nc2n1. The summed E-state index contributed by atoms with van der Waals surface area (Å²) in [4.78, 5) is 23.8. The predicted octanol–water partition coefficient (Wildman–Crippen LogP) is 2.91. The van der Waals surface area contributed by atoms with Crippen LogP contribution in [0.25, 0.3) is 5.78 Å². The molecule has 0 spiro atoms. The van der Waals surface area contributed by atoms with Crippen LogP contribution in [0.5, 0.6) is 0 Å². The van der Waals surface area contributed by atoms with Crippen LogP contribution in [-0.4, -0.2) is 43.0 Å². The molecule has 1 amide bonds. The highest BCUT2D eigenvalue weighted by Gasteiger charge is 2.29. The number of hydrogen-bond acceptors (Lipinski definition) is 4. The van der Waals surface area contributed by atoms with E-state index in [2.05, 4.69) is 39.3 Å². The van der Waals surface area contributed by atoms with Crippen molar-refractivity contribution >= 4 is 11.7 Å². The molecule has 1 saturated heterocycles. The molecule has 1 aliphatic heterocycles. The van der Waals surface area contributed by atoms with E-state index in [9.17, 15) is 4.79 Å². The Balaban J connectivity index is 1.43. The van der Waals surface area contributed by atoms with E-state index in [1.54, 1.807) is 4.52 Å². The second kappa shape index (κ2) is 7.47. The molecule has 0 bridgehead atoms. The van der Waals surface area contributed by atoms with Crippen molar-refractivity contribution in [3.63, 3.8) is 0 Å². The van der Waals surface area contributed by atoms with Gasteiger partial charge in [-0.05, 0) is 51.2 Å². The van der Waals surface area contributed by atoms with Gasteiger partial charge in [-0.2, -0.15) is 4.98 Å². The number of aromatic nitrogens is 4. The first kappa shape index (κ1) is 17.6. The molecule has 0 saturated carbocycles. The van der Waals surface area contributed by atoms with Crippen molar-refractivity contribution in [2.45, 2.75) is 52.0 Å². The van der Waals surface area contributed by atoms with Crippen LogP contribution in [0.1, 0.15) is 42.0 Å². The lowest BCUT2D eigenvalue weighted by molar-refractivity contribution is -0.131. The maximum atomic E-state index is 12.9. The molecule has 3 aromatic rings. The molecule has 4 rings (SSSR count). The molecular formula is C21H25N5O. The molecule has 6 heteroatoms. The molecule has 1 atom stereocenters. The van der Waals surface area contributed by atoms with Crippen molar-refractivity contribution in [3.8, 4) is 0 Å². The average molecular weight is 363 g/mol. The summed E-state index contributed by atoms with van der Waals surface area (Å²) in [6.45, 7) is 4.75. The molecule has 1 unspecified atom stereocenters. The number of nitrogens with zero attached hydrogens (tertiary/aromatic N) is 5. The van der Waals surface area contributed by atoms with Crippen molar-refractivity contribution in [2.24, 2.45) is 0 Å². The Morgan fingerprint density at radius 3 is 2.81 bits per heavy atom. The van der Waals surface area contributed by atoms with Crippen molar-refractivity contribution in [1.29, 1.82) is 0 Å². The van der Waals surface area contributed by atoms with Crippen LogP contribution in [0.4, 0.5) is 0 Å². The summed E-state index contributed by atoms with van der Waals surface area (Å²) >= 11 is 0. The normalized spacial score (nSPS) is 17.0. The minimum absolute atomic E-state index is 0.121. The number of likely N-dealkylation sites (tertiary alicyclic amines) is 1. The van der Waals surface area contributed by atoms with Crippen molar-refractivity contribution in [3.05, 3.63) is 59.2 Å². The number of aryl methyl sites for hydroxylation is 3. The van der Waals surface area contributed by atoms with Gasteiger partial charge in [-0.1, -0.05) is 30.3 Å². The van der Waals surface area contributed by atoms with Gasteiger partial charge in [0.2, 0.25) is 5.91 Å². The number of carbonyl (C=O) groups excluding carboxylic acids is 1. The van der Waals surface area contributed by atoms with Gasteiger partial charge in [0.15, 0.2) is 5.82 Å². The summed E-state index contributed by atoms with van der Waals surface area (Å²) < 4.78 is 1.71. The van der Waals surface area contributed by atoms with Gasteiger partial charge < -0.3 is 4.90 Å². The van der Waals surface area contributed by atoms with Crippen LogP contribution in [-0.2, 0) is 17.6 Å². The van der Waals surface area contributed by atoms with Crippen LogP contribution < -0.4 is 0 Å². The molecule has 0 aliphatic carbocycles. The number of hydrogen-bond donors (Lipinski definition) is 0. The number of benzene rings is 1. The van der Waals surface area contributed by atoms with Crippen LogP contribution in [0.15, 0.2) is 36.4 Å². The summed E-state index contributed by atoms with van der Waals surface area (Å²) in [5.74, 6) is 1.24. The fraction of sp³-hybridized carbons (Fsp3) is 0.429. The highest BCUT2D eigenvalue weighted by atomic mass is 16.2. The molecule has 1 aromatic carbocycles. The molecule has 140 valence electrons. The molecule has 3 heterocycles. The van der Waals surface area contributed by atoms with Crippen LogP contribution >= 0.6 is 0 Å². The minimum Gasteiger partial charge on any atom is -0.339 e. The third-order valence-electron chi connectivity index (χ3n) is 5.28. The standard InChI is InChI=1S/C21H25N5O/c1-15-13-16(2)26-21(22-15)23-19(24-26)14-20(27)25-12-6-9-18(25)11-10-17-7-4-3-5-8-17/h3-5,7-8,13,18H,6,9-12,14H2,1-2H3. The summed E-state index contributed by atoms with van der Waals surface area (Å²) in [5, 5.41) is 4.48. The van der Waals surface area contributed by atoms with E-state index >= 15 is 0 Å². The predicted molar refractivity (Wildman–Crippen MR) is 103 cm³/mol. The van der Waals surface area contributed by atoms with E-state index in [4.69, 9.17) is 0 Å². The van der Waals surface area contributed by atoms with E-state index in [1.165, 1.54) is 5.56 Å². The van der Waals surface area contributed by atoms with E-state index < -0.39 is 0 Å². The topological polar surface area (TPSA) is 63.4 Å². The third-order valence-corrected chi connectivity index (χ3v) is 5.28. The quantitative estimate of drug-likeness (QED) is 0.699. The Bertz CT molecular complexity index is 950. The lowest BCUT2D eigenvalue weighted by Gasteiger charge is -2.24. The summed E-state index contributed by atoms with van der Waals surface area (Å²) in [6.07, 6.45) is 4.41. The maximum absolute atomic E-state index is 12.9. The largest absolute Gasteiger partial charge is 0.339 e. The van der Waals surface area contributed by atoms with Crippen LogP contribution in [0.2, 0.25) is 0 Å². The molecule has 27 heavy (non-hydrogen) atoms. The highest BCUT2D eigenvalue weighted by Crippen LogP contribution is 2.23. The first-order chi connectivity index (χ1) is 13.1. The fourth-order valence-electron chi connectivity index (χ4n) is 3.96. The van der Waals surface area contributed by atoms with Gasteiger partial charge >= 0.3 is 0 Å². The second-order valence-electron chi connectivity index (χ2n) is 7.36. The summed E-state index contributed by atoms with van der Waals surface area (Å²) in [5.41, 5.74) is 3.21. The second-order valence-corrected chi connectivity index (χ2v) is 7.36. The maximum Gasteiger partial charge on any atom is 0.252 e. The number of rotatable bonds is 5. The Morgan fingerprint density at radius 2 is 2.00 bits per heavy atom. The summed E-state index contributed by atoms with van der Waals surface area (Å²) in [6, 6.07) is 12.8. The zero-order valence-corrected chi connectivity index (χ0v) is 15.9. The summed E-state index contributed by atoms with van der Waals surface area (Å²) in [7, 11) is 0. The van der Waals surface area contributed by atoms with Crippen molar-refractivity contribution in [2.75, 3.05) is 6.54 Å². The van der Waals surface area contributed by atoms with Crippen LogP contribution in [0.3, 0.4) is 0 Å². The lowest BCUT2D eigenvalue weighted by Crippen LogP contribution is -2.37. The first-order valence-corrected chi connectivity index (χ1v) is 9.63. The van der Waals surface area contributed by atoms with Gasteiger partial charge in [0.05, 0.1) is 6.42 Å². The van der Waals surface area contributed by atoms with E-state index in [1.807, 2.05) is 30.9 Å². The first-order valence-electron chi connectivity index (χ1n) is 9.63. The van der Waals surface area contributed by atoms with Gasteiger partial charge in [-0.3, -0.25) is 4.79 Å². The minimum atomic E-state index is 0.121. The monoisotopic (exact) mass is 363 g/mol. The molecule has 1 fully saturated rings. The van der Waals surface area contributed by atoms with Gasteiger partial charge in [0.1, 0.15) is 0 Å². The van der Waals surface area contributed by atoms with Gasteiger partial charge in [0.25, 0.3) is 5.78 Å². The third kappa shape index (κ3) is 3.84.